The van der Waals surface area contributed by atoms with Crippen molar-refractivity contribution in [2.24, 2.45) is 5.92 Å². The van der Waals surface area contributed by atoms with E-state index in [2.05, 4.69) is 10.1 Å². The van der Waals surface area contributed by atoms with Crippen molar-refractivity contribution in [2.75, 3.05) is 6.61 Å². The van der Waals surface area contributed by atoms with Crippen LogP contribution in [0.1, 0.15) is 46.7 Å². The topological polar surface area (TPSA) is 78.1 Å². The van der Waals surface area contributed by atoms with Gasteiger partial charge >= 0.3 is 0 Å². The summed E-state index contributed by atoms with van der Waals surface area (Å²) in [6, 6.07) is 3.55. The van der Waals surface area contributed by atoms with E-state index in [0.29, 0.717) is 24.2 Å². The van der Waals surface area contributed by atoms with Crippen molar-refractivity contribution in [2.45, 2.75) is 70.2 Å². The van der Waals surface area contributed by atoms with E-state index in [1.54, 1.807) is 12.1 Å². The third-order valence-corrected chi connectivity index (χ3v) is 5.69. The molecular formula is C19H25Cl2N3O4. The maximum absolute atomic E-state index is 11.8. The van der Waals surface area contributed by atoms with E-state index in [9.17, 15) is 5.11 Å². The van der Waals surface area contributed by atoms with Gasteiger partial charge in [-0.15, -0.1) is 5.10 Å². The van der Waals surface area contributed by atoms with Crippen molar-refractivity contribution in [3.05, 3.63) is 28.3 Å². The summed E-state index contributed by atoms with van der Waals surface area (Å²) in [5.74, 6) is -0.851. The van der Waals surface area contributed by atoms with Gasteiger partial charge in [0.05, 0.1) is 24.0 Å². The first kappa shape index (κ1) is 20.3. The molecule has 2 aromatic heterocycles. The Hall–Kier alpha value is -0.960. The Balaban J connectivity index is 1.75. The quantitative estimate of drug-likeness (QED) is 0.802. The first-order valence-corrected chi connectivity index (χ1v) is 10.1. The van der Waals surface area contributed by atoms with Crippen molar-refractivity contribution < 1.29 is 19.3 Å². The van der Waals surface area contributed by atoms with Crippen LogP contribution in [-0.2, 0) is 19.8 Å². The van der Waals surface area contributed by atoms with Crippen molar-refractivity contribution in [1.29, 1.82) is 0 Å². The van der Waals surface area contributed by atoms with E-state index >= 15 is 0 Å². The number of hydrogen-bond acceptors (Lipinski definition) is 6. The van der Waals surface area contributed by atoms with Crippen LogP contribution >= 0.6 is 23.2 Å². The number of aromatic nitrogens is 3. The van der Waals surface area contributed by atoms with Crippen LogP contribution in [0.3, 0.4) is 0 Å². The number of rotatable bonds is 3. The average Bonchev–Trinajstić information content (AvgIpc) is 3.17. The van der Waals surface area contributed by atoms with Gasteiger partial charge < -0.3 is 19.3 Å². The Kier molecular flexibility index (Phi) is 4.73. The average molecular weight is 430 g/mol. The summed E-state index contributed by atoms with van der Waals surface area (Å²) in [5, 5.41) is 16.3. The van der Waals surface area contributed by atoms with Crippen LogP contribution in [0.2, 0.25) is 10.4 Å². The number of hydrogen-bond donors (Lipinski definition) is 1. The van der Waals surface area contributed by atoms with E-state index in [1.807, 2.05) is 34.6 Å². The smallest absolute Gasteiger partial charge is 0.242 e. The molecule has 1 saturated carbocycles. The number of ether oxygens (including phenoxy) is 3. The highest BCUT2D eigenvalue weighted by Gasteiger charge is 2.62. The van der Waals surface area contributed by atoms with Crippen LogP contribution in [0, 0.1) is 5.92 Å². The molecule has 2 aromatic rings. The summed E-state index contributed by atoms with van der Waals surface area (Å²) in [7, 11) is 0. The van der Waals surface area contributed by atoms with Crippen molar-refractivity contribution in [3.8, 4) is 0 Å². The molecule has 0 bridgehead atoms. The summed E-state index contributed by atoms with van der Waals surface area (Å²) >= 11 is 12.2. The summed E-state index contributed by atoms with van der Waals surface area (Å²) < 4.78 is 19.8. The van der Waals surface area contributed by atoms with Crippen LogP contribution in [0.5, 0.6) is 0 Å². The van der Waals surface area contributed by atoms with Gasteiger partial charge in [0.15, 0.2) is 10.9 Å². The minimum atomic E-state index is -1.34. The molecule has 2 aliphatic rings. The summed E-state index contributed by atoms with van der Waals surface area (Å²) in [4.78, 5) is 3.97. The van der Waals surface area contributed by atoms with E-state index in [1.165, 1.54) is 4.52 Å². The number of fused-ring (bicyclic) bond motifs is 2. The van der Waals surface area contributed by atoms with E-state index < -0.39 is 17.5 Å². The summed E-state index contributed by atoms with van der Waals surface area (Å²) in [6.07, 6.45) is -0.470. The molecule has 4 rings (SSSR count). The highest BCUT2D eigenvalue weighted by atomic mass is 35.5. The molecule has 0 radical (unpaired) electrons. The molecule has 1 unspecified atom stereocenters. The molecule has 0 spiro atoms. The predicted molar refractivity (Wildman–Crippen MR) is 105 cm³/mol. The van der Waals surface area contributed by atoms with E-state index in [0.717, 1.165) is 0 Å². The van der Waals surface area contributed by atoms with Crippen LogP contribution in [0.15, 0.2) is 12.1 Å². The Morgan fingerprint density at radius 1 is 1.29 bits per heavy atom. The van der Waals surface area contributed by atoms with Gasteiger partial charge in [-0.1, -0.05) is 11.6 Å². The third kappa shape index (κ3) is 3.42. The highest BCUT2D eigenvalue weighted by molar-refractivity contribution is 6.34. The lowest BCUT2D eigenvalue weighted by Crippen LogP contribution is -2.40. The van der Waals surface area contributed by atoms with E-state index in [4.69, 9.17) is 37.4 Å². The molecule has 0 aromatic carbocycles. The zero-order valence-corrected chi connectivity index (χ0v) is 18.1. The first-order chi connectivity index (χ1) is 12.9. The molecule has 1 N–H and O–H groups in total. The number of nitrogens with zero attached hydrogens (tertiary/aromatic N) is 3. The molecule has 1 aliphatic heterocycles. The Labute approximate surface area is 173 Å². The van der Waals surface area contributed by atoms with Gasteiger partial charge in [-0.3, -0.25) is 0 Å². The number of aliphatic hydroxyl groups is 1. The zero-order valence-electron chi connectivity index (χ0n) is 16.6. The fraction of sp³-hybridized carbons (Fsp3) is 0.684. The molecule has 3 heterocycles. The molecule has 28 heavy (non-hydrogen) atoms. The maximum atomic E-state index is 11.8. The lowest BCUT2D eigenvalue weighted by molar-refractivity contribution is -0.188. The van der Waals surface area contributed by atoms with Gasteiger partial charge in [-0.05, 0) is 64.8 Å². The molecule has 1 saturated heterocycles. The lowest BCUT2D eigenvalue weighted by Gasteiger charge is -2.30. The minimum Gasteiger partial charge on any atom is -0.381 e. The normalized spacial score (nSPS) is 32.2. The standard InChI is InChI=1S/C19H25Cl2N3O4/c1-17(2,3)26-9-10-8-19(25,14-13(10)27-18(4,5)28-14)12-7-6-11-15(20)22-16(21)23-24(11)12/h6-7,10,13-14,25H,8-9H2,1-5H3/t10-,13-,14-,19?/m1/s1. The minimum absolute atomic E-state index is 0.00429. The Morgan fingerprint density at radius 3 is 2.68 bits per heavy atom. The van der Waals surface area contributed by atoms with Crippen molar-refractivity contribution in [3.63, 3.8) is 0 Å². The fourth-order valence-electron chi connectivity index (χ4n) is 4.16. The second-order valence-corrected chi connectivity index (χ2v) is 9.72. The van der Waals surface area contributed by atoms with Gasteiger partial charge in [0, 0.05) is 5.92 Å². The monoisotopic (exact) mass is 429 g/mol. The van der Waals surface area contributed by atoms with Gasteiger partial charge in [0.25, 0.3) is 0 Å². The predicted octanol–water partition coefficient (Wildman–Crippen LogP) is 3.58. The molecular weight excluding hydrogens is 405 g/mol. The molecule has 1 aliphatic carbocycles. The summed E-state index contributed by atoms with van der Waals surface area (Å²) in [6.45, 7) is 10.2. The molecule has 0 amide bonds. The van der Waals surface area contributed by atoms with Crippen LogP contribution < -0.4 is 0 Å². The van der Waals surface area contributed by atoms with Crippen LogP contribution in [0.25, 0.3) is 5.52 Å². The first-order valence-electron chi connectivity index (χ1n) is 9.33. The Morgan fingerprint density at radius 2 is 2.00 bits per heavy atom. The lowest BCUT2D eigenvalue weighted by atomic mass is 9.94. The SMILES string of the molecule is CC(C)(C)OC[C@H]1CC(O)(c2ccc3c(Cl)nc(Cl)nn23)[C@@H]2OC(C)(C)O[C@H]12. The largest absolute Gasteiger partial charge is 0.381 e. The molecule has 4 atom stereocenters. The second kappa shape index (κ2) is 6.52. The Bertz CT molecular complexity index is 910. The molecule has 7 nitrogen and oxygen atoms in total. The molecule has 9 heteroatoms. The maximum Gasteiger partial charge on any atom is 0.242 e. The number of halogens is 2. The van der Waals surface area contributed by atoms with Crippen LogP contribution in [0.4, 0.5) is 0 Å². The molecule has 154 valence electrons. The fourth-order valence-corrected chi connectivity index (χ4v) is 4.59. The second-order valence-electron chi connectivity index (χ2n) is 9.02. The molecule has 2 fully saturated rings. The van der Waals surface area contributed by atoms with E-state index in [-0.39, 0.29) is 28.1 Å². The van der Waals surface area contributed by atoms with Gasteiger partial charge in [-0.2, -0.15) is 0 Å². The summed E-state index contributed by atoms with van der Waals surface area (Å²) in [5.41, 5.74) is -0.513. The van der Waals surface area contributed by atoms with Crippen molar-refractivity contribution >= 4 is 28.7 Å². The van der Waals surface area contributed by atoms with Gasteiger partial charge in [0.1, 0.15) is 17.2 Å². The zero-order chi connectivity index (χ0) is 20.5. The van der Waals surface area contributed by atoms with Gasteiger partial charge in [-0.25, -0.2) is 9.50 Å². The van der Waals surface area contributed by atoms with Gasteiger partial charge in [0.2, 0.25) is 5.28 Å². The third-order valence-electron chi connectivity index (χ3n) is 5.25. The highest BCUT2D eigenvalue weighted by Crippen LogP contribution is 2.52. The van der Waals surface area contributed by atoms with Crippen molar-refractivity contribution in [1.82, 2.24) is 14.6 Å². The van der Waals surface area contributed by atoms with Crippen LogP contribution in [-0.4, -0.2) is 49.9 Å².